The van der Waals surface area contributed by atoms with Crippen LogP contribution in [0.2, 0.25) is 0 Å². The molecule has 1 aliphatic rings. The number of rotatable bonds is 5. The van der Waals surface area contributed by atoms with Gasteiger partial charge in [-0.15, -0.1) is 0 Å². The van der Waals surface area contributed by atoms with Crippen LogP contribution in [0.4, 0.5) is 0 Å². The fourth-order valence-corrected chi connectivity index (χ4v) is 2.12. The molecule has 2 heterocycles. The largest absolute Gasteiger partial charge is 0.378 e. The lowest BCUT2D eigenvalue weighted by atomic mass is 10.0. The van der Waals surface area contributed by atoms with Crippen LogP contribution in [0.15, 0.2) is 4.52 Å². The molecule has 0 aromatic carbocycles. The maximum absolute atomic E-state index is 5.99. The first-order valence-corrected chi connectivity index (χ1v) is 6.35. The molecule has 5 heteroatoms. The van der Waals surface area contributed by atoms with Crippen LogP contribution in [0.1, 0.15) is 50.9 Å². The van der Waals surface area contributed by atoms with Crippen LogP contribution in [0.3, 0.4) is 0 Å². The first-order valence-electron chi connectivity index (χ1n) is 6.35. The van der Waals surface area contributed by atoms with Crippen molar-refractivity contribution in [2.75, 3.05) is 6.61 Å². The molecule has 1 aliphatic heterocycles. The van der Waals surface area contributed by atoms with Crippen LogP contribution in [-0.4, -0.2) is 22.9 Å². The van der Waals surface area contributed by atoms with Gasteiger partial charge in [0, 0.05) is 13.0 Å². The maximum Gasteiger partial charge on any atom is 0.243 e. The normalized spacial score (nSPS) is 22.2. The fourth-order valence-electron chi connectivity index (χ4n) is 2.12. The Balaban J connectivity index is 1.90. The van der Waals surface area contributed by atoms with E-state index in [1.165, 1.54) is 0 Å². The number of aromatic nitrogens is 2. The highest BCUT2D eigenvalue weighted by Gasteiger charge is 2.21. The molecule has 0 saturated carbocycles. The predicted octanol–water partition coefficient (Wildman–Crippen LogP) is 1.84. The highest BCUT2D eigenvalue weighted by atomic mass is 16.5. The van der Waals surface area contributed by atoms with Crippen LogP contribution >= 0.6 is 0 Å². The Hall–Kier alpha value is -0.940. The molecule has 1 fully saturated rings. The smallest absolute Gasteiger partial charge is 0.243 e. The molecule has 2 N–H and O–H groups in total. The van der Waals surface area contributed by atoms with Crippen molar-refractivity contribution in [2.24, 2.45) is 11.7 Å². The van der Waals surface area contributed by atoms with Gasteiger partial charge >= 0.3 is 0 Å². The van der Waals surface area contributed by atoms with Gasteiger partial charge in [0.05, 0.1) is 12.1 Å². The first-order chi connectivity index (χ1) is 8.15. The van der Waals surface area contributed by atoms with E-state index in [0.717, 1.165) is 32.3 Å². The standard InChI is InChI=1S/C12H21N3O2/c1-8(2)6-10(13)12-14-11(15-17-12)7-9-4-3-5-16-9/h8-10H,3-7,13H2,1-2H3/t9?,10-/m0/s1. The summed E-state index contributed by atoms with van der Waals surface area (Å²) in [6, 6.07) is -0.152. The van der Waals surface area contributed by atoms with Gasteiger partial charge < -0.3 is 15.0 Å². The number of nitrogens with two attached hydrogens (primary N) is 1. The van der Waals surface area contributed by atoms with Crippen LogP contribution in [0.5, 0.6) is 0 Å². The molecule has 17 heavy (non-hydrogen) atoms. The van der Waals surface area contributed by atoms with E-state index in [4.69, 9.17) is 15.0 Å². The second-order valence-corrected chi connectivity index (χ2v) is 5.12. The minimum absolute atomic E-state index is 0.152. The van der Waals surface area contributed by atoms with Crippen molar-refractivity contribution < 1.29 is 9.26 Å². The van der Waals surface area contributed by atoms with Gasteiger partial charge in [0.2, 0.25) is 5.89 Å². The molecule has 2 atom stereocenters. The number of nitrogens with zero attached hydrogens (tertiary/aromatic N) is 2. The minimum Gasteiger partial charge on any atom is -0.378 e. The fraction of sp³-hybridized carbons (Fsp3) is 0.833. The molecule has 96 valence electrons. The quantitative estimate of drug-likeness (QED) is 0.848. The Morgan fingerprint density at radius 2 is 2.29 bits per heavy atom. The summed E-state index contributed by atoms with van der Waals surface area (Å²) in [7, 11) is 0. The van der Waals surface area contributed by atoms with Gasteiger partial charge in [-0.1, -0.05) is 19.0 Å². The van der Waals surface area contributed by atoms with Crippen LogP contribution in [-0.2, 0) is 11.2 Å². The highest BCUT2D eigenvalue weighted by Crippen LogP contribution is 2.19. The van der Waals surface area contributed by atoms with Gasteiger partial charge in [0.15, 0.2) is 5.82 Å². The monoisotopic (exact) mass is 239 g/mol. The Kier molecular flexibility index (Phi) is 4.12. The van der Waals surface area contributed by atoms with Gasteiger partial charge in [-0.05, 0) is 25.2 Å². The van der Waals surface area contributed by atoms with E-state index in [9.17, 15) is 0 Å². The van der Waals surface area contributed by atoms with E-state index in [2.05, 4.69) is 24.0 Å². The molecule has 0 spiro atoms. The summed E-state index contributed by atoms with van der Waals surface area (Å²) in [4.78, 5) is 4.34. The first kappa shape index (κ1) is 12.5. The minimum atomic E-state index is -0.152. The summed E-state index contributed by atoms with van der Waals surface area (Å²) in [5, 5.41) is 3.96. The van der Waals surface area contributed by atoms with Crippen molar-refractivity contribution in [3.8, 4) is 0 Å². The highest BCUT2D eigenvalue weighted by molar-refractivity contribution is 4.94. The summed E-state index contributed by atoms with van der Waals surface area (Å²) >= 11 is 0. The molecule has 1 aromatic heterocycles. The third kappa shape index (κ3) is 3.51. The molecule has 1 unspecified atom stereocenters. The summed E-state index contributed by atoms with van der Waals surface area (Å²) in [6.45, 7) is 5.11. The molecule has 2 rings (SSSR count). The van der Waals surface area contributed by atoms with E-state index < -0.39 is 0 Å². The lowest BCUT2D eigenvalue weighted by Gasteiger charge is -2.08. The molecule has 5 nitrogen and oxygen atoms in total. The number of ether oxygens (including phenoxy) is 1. The van der Waals surface area contributed by atoms with Gasteiger partial charge in [0.25, 0.3) is 0 Å². The van der Waals surface area contributed by atoms with E-state index in [1.807, 2.05) is 0 Å². The summed E-state index contributed by atoms with van der Waals surface area (Å²) in [6.07, 6.45) is 4.06. The van der Waals surface area contributed by atoms with Crippen molar-refractivity contribution in [3.63, 3.8) is 0 Å². The average molecular weight is 239 g/mol. The van der Waals surface area contributed by atoms with Crippen LogP contribution in [0, 0.1) is 5.92 Å². The van der Waals surface area contributed by atoms with E-state index in [0.29, 0.717) is 17.6 Å². The van der Waals surface area contributed by atoms with Gasteiger partial charge in [-0.3, -0.25) is 0 Å². The van der Waals surface area contributed by atoms with Crippen molar-refractivity contribution in [1.82, 2.24) is 10.1 Å². The van der Waals surface area contributed by atoms with Crippen molar-refractivity contribution in [2.45, 2.75) is 51.7 Å². The summed E-state index contributed by atoms with van der Waals surface area (Å²) < 4.78 is 10.7. The SMILES string of the molecule is CC(C)C[C@H](N)c1nc(CC2CCCO2)no1. The lowest BCUT2D eigenvalue weighted by Crippen LogP contribution is -2.14. The van der Waals surface area contributed by atoms with Gasteiger partial charge in [-0.2, -0.15) is 4.98 Å². The molecular weight excluding hydrogens is 218 g/mol. The molecule has 0 amide bonds. The molecule has 0 radical (unpaired) electrons. The zero-order valence-electron chi connectivity index (χ0n) is 10.6. The third-order valence-electron chi connectivity index (χ3n) is 2.96. The Morgan fingerprint density at radius 1 is 1.47 bits per heavy atom. The maximum atomic E-state index is 5.99. The number of hydrogen-bond donors (Lipinski definition) is 1. The molecule has 0 bridgehead atoms. The summed E-state index contributed by atoms with van der Waals surface area (Å²) in [5.74, 6) is 1.79. The molecule has 0 aliphatic carbocycles. The zero-order chi connectivity index (χ0) is 12.3. The average Bonchev–Trinajstić information content (AvgIpc) is 2.88. The van der Waals surface area contributed by atoms with Crippen molar-refractivity contribution in [1.29, 1.82) is 0 Å². The second kappa shape index (κ2) is 5.60. The predicted molar refractivity (Wildman–Crippen MR) is 63.4 cm³/mol. The van der Waals surface area contributed by atoms with Crippen molar-refractivity contribution >= 4 is 0 Å². The second-order valence-electron chi connectivity index (χ2n) is 5.12. The van der Waals surface area contributed by atoms with Crippen LogP contribution in [0.25, 0.3) is 0 Å². The molecular formula is C12H21N3O2. The van der Waals surface area contributed by atoms with E-state index in [1.54, 1.807) is 0 Å². The van der Waals surface area contributed by atoms with E-state index >= 15 is 0 Å². The van der Waals surface area contributed by atoms with Crippen LogP contribution < -0.4 is 5.73 Å². The Labute approximate surface area is 102 Å². The number of hydrogen-bond acceptors (Lipinski definition) is 5. The zero-order valence-corrected chi connectivity index (χ0v) is 10.6. The summed E-state index contributed by atoms with van der Waals surface area (Å²) in [5.41, 5.74) is 5.99. The van der Waals surface area contributed by atoms with E-state index in [-0.39, 0.29) is 12.1 Å². The Bertz CT molecular complexity index is 345. The lowest BCUT2D eigenvalue weighted by molar-refractivity contribution is 0.109. The molecule has 1 saturated heterocycles. The van der Waals surface area contributed by atoms with Gasteiger partial charge in [-0.25, -0.2) is 0 Å². The topological polar surface area (TPSA) is 74.2 Å². The molecule has 1 aromatic rings. The third-order valence-corrected chi connectivity index (χ3v) is 2.96. The van der Waals surface area contributed by atoms with Gasteiger partial charge in [0.1, 0.15) is 0 Å². The van der Waals surface area contributed by atoms with Crippen molar-refractivity contribution in [3.05, 3.63) is 11.7 Å². The Morgan fingerprint density at radius 3 is 2.94 bits per heavy atom.